The average Bonchev–Trinajstić information content (AvgIpc) is 3.12. The molecule has 2 aromatic rings. The minimum atomic E-state index is -0.397. The van der Waals surface area contributed by atoms with Crippen LogP contribution < -0.4 is 0 Å². The SMILES string of the molecule is CCC(O)CN(Cc1ccc(F)cc1)CC1CC(c2ccccc2)=NO1. The molecule has 1 aliphatic heterocycles. The summed E-state index contributed by atoms with van der Waals surface area (Å²) < 4.78 is 13.1. The Hall–Kier alpha value is -2.24. The molecule has 2 unspecified atom stereocenters. The van der Waals surface area contributed by atoms with Crippen LogP contribution in [0, 0.1) is 5.82 Å². The molecule has 0 bridgehead atoms. The Morgan fingerprint density at radius 3 is 2.62 bits per heavy atom. The van der Waals surface area contributed by atoms with E-state index in [-0.39, 0.29) is 11.9 Å². The lowest BCUT2D eigenvalue weighted by Gasteiger charge is -2.26. The van der Waals surface area contributed by atoms with Gasteiger partial charge < -0.3 is 9.94 Å². The molecule has 1 heterocycles. The van der Waals surface area contributed by atoms with Crippen LogP contribution in [0.3, 0.4) is 0 Å². The van der Waals surface area contributed by atoms with Gasteiger partial charge in [0.15, 0.2) is 0 Å². The predicted molar refractivity (Wildman–Crippen MR) is 100 cm³/mol. The zero-order chi connectivity index (χ0) is 18.4. The minimum Gasteiger partial charge on any atom is -0.392 e. The Kier molecular flexibility index (Phi) is 6.36. The van der Waals surface area contributed by atoms with E-state index in [0.29, 0.717) is 26.1 Å². The lowest BCUT2D eigenvalue weighted by Crippen LogP contribution is -2.37. The molecule has 5 heteroatoms. The highest BCUT2D eigenvalue weighted by molar-refractivity contribution is 6.01. The second kappa shape index (κ2) is 8.92. The highest BCUT2D eigenvalue weighted by Crippen LogP contribution is 2.19. The standard InChI is InChI=1S/C21H25FN2O2/c1-2-19(25)14-24(13-16-8-10-18(22)11-9-16)15-20-12-21(23-26-20)17-6-4-3-5-7-17/h3-11,19-20,25H,2,12-15H2,1H3. The molecule has 2 atom stereocenters. The number of rotatable bonds is 8. The third-order valence-electron chi connectivity index (χ3n) is 4.56. The first-order chi connectivity index (χ1) is 12.6. The van der Waals surface area contributed by atoms with Crippen LogP contribution in [0.5, 0.6) is 0 Å². The quantitative estimate of drug-likeness (QED) is 0.786. The van der Waals surface area contributed by atoms with Crippen molar-refractivity contribution < 1.29 is 14.3 Å². The zero-order valence-electron chi connectivity index (χ0n) is 15.0. The number of hydrogen-bond acceptors (Lipinski definition) is 4. The summed E-state index contributed by atoms with van der Waals surface area (Å²) in [4.78, 5) is 7.78. The summed E-state index contributed by atoms with van der Waals surface area (Å²) in [6.07, 6.45) is 0.990. The zero-order valence-corrected chi connectivity index (χ0v) is 15.0. The molecule has 0 saturated carbocycles. The van der Waals surface area contributed by atoms with Crippen LogP contribution in [0.2, 0.25) is 0 Å². The van der Waals surface area contributed by atoms with Crippen molar-refractivity contribution in [3.8, 4) is 0 Å². The second-order valence-electron chi connectivity index (χ2n) is 6.72. The van der Waals surface area contributed by atoms with E-state index in [2.05, 4.69) is 10.1 Å². The molecular formula is C21H25FN2O2. The van der Waals surface area contributed by atoms with Gasteiger partial charge in [0.25, 0.3) is 0 Å². The van der Waals surface area contributed by atoms with Gasteiger partial charge in [-0.1, -0.05) is 54.5 Å². The van der Waals surface area contributed by atoms with Crippen molar-refractivity contribution >= 4 is 5.71 Å². The normalized spacial score (nSPS) is 17.8. The number of hydrogen-bond donors (Lipinski definition) is 1. The van der Waals surface area contributed by atoms with Crippen molar-refractivity contribution in [3.63, 3.8) is 0 Å². The molecule has 0 aromatic heterocycles. The molecule has 2 aromatic carbocycles. The van der Waals surface area contributed by atoms with Gasteiger partial charge >= 0.3 is 0 Å². The number of benzene rings is 2. The van der Waals surface area contributed by atoms with E-state index in [4.69, 9.17) is 4.84 Å². The maximum absolute atomic E-state index is 13.1. The van der Waals surface area contributed by atoms with Gasteiger partial charge in [0.05, 0.1) is 11.8 Å². The highest BCUT2D eigenvalue weighted by atomic mass is 19.1. The Morgan fingerprint density at radius 2 is 1.92 bits per heavy atom. The van der Waals surface area contributed by atoms with E-state index in [1.165, 1.54) is 12.1 Å². The van der Waals surface area contributed by atoms with Gasteiger partial charge in [0, 0.05) is 26.1 Å². The predicted octanol–water partition coefficient (Wildman–Crippen LogP) is 3.59. The molecule has 0 fully saturated rings. The number of aliphatic hydroxyl groups is 1. The smallest absolute Gasteiger partial charge is 0.145 e. The molecular weight excluding hydrogens is 331 g/mol. The molecule has 4 nitrogen and oxygen atoms in total. The van der Waals surface area contributed by atoms with E-state index in [1.54, 1.807) is 12.1 Å². The van der Waals surface area contributed by atoms with Crippen LogP contribution >= 0.6 is 0 Å². The largest absolute Gasteiger partial charge is 0.392 e. The Morgan fingerprint density at radius 1 is 1.19 bits per heavy atom. The molecule has 0 radical (unpaired) electrons. The first-order valence-corrected chi connectivity index (χ1v) is 9.07. The van der Waals surface area contributed by atoms with Crippen molar-refractivity contribution in [2.75, 3.05) is 13.1 Å². The van der Waals surface area contributed by atoms with Crippen LogP contribution in [-0.4, -0.2) is 41.0 Å². The summed E-state index contributed by atoms with van der Waals surface area (Å²) >= 11 is 0. The monoisotopic (exact) mass is 356 g/mol. The van der Waals surface area contributed by atoms with Gasteiger partial charge in [-0.15, -0.1) is 0 Å². The summed E-state index contributed by atoms with van der Waals surface area (Å²) in [7, 11) is 0. The Labute approximate surface area is 153 Å². The second-order valence-corrected chi connectivity index (χ2v) is 6.72. The van der Waals surface area contributed by atoms with Crippen LogP contribution in [-0.2, 0) is 11.4 Å². The molecule has 0 amide bonds. The summed E-state index contributed by atoms with van der Waals surface area (Å²) in [5.41, 5.74) is 3.04. The van der Waals surface area contributed by atoms with Gasteiger partial charge in [0.1, 0.15) is 11.9 Å². The van der Waals surface area contributed by atoms with Crippen molar-refractivity contribution in [2.45, 2.75) is 38.5 Å². The third kappa shape index (κ3) is 5.13. The van der Waals surface area contributed by atoms with Gasteiger partial charge in [0.2, 0.25) is 0 Å². The van der Waals surface area contributed by atoms with E-state index < -0.39 is 6.10 Å². The molecule has 138 valence electrons. The first-order valence-electron chi connectivity index (χ1n) is 9.07. The Balaban J connectivity index is 1.61. The van der Waals surface area contributed by atoms with Crippen molar-refractivity contribution in [1.29, 1.82) is 0 Å². The van der Waals surface area contributed by atoms with Gasteiger partial charge in [-0.05, 0) is 29.7 Å². The molecule has 3 rings (SSSR count). The molecule has 26 heavy (non-hydrogen) atoms. The van der Waals surface area contributed by atoms with Gasteiger partial charge in [-0.3, -0.25) is 4.90 Å². The van der Waals surface area contributed by atoms with Crippen LogP contribution in [0.4, 0.5) is 4.39 Å². The lowest BCUT2D eigenvalue weighted by atomic mass is 10.0. The molecule has 1 N–H and O–H groups in total. The van der Waals surface area contributed by atoms with Gasteiger partial charge in [-0.2, -0.15) is 0 Å². The highest BCUT2D eigenvalue weighted by Gasteiger charge is 2.25. The van der Waals surface area contributed by atoms with E-state index in [0.717, 1.165) is 23.3 Å². The maximum Gasteiger partial charge on any atom is 0.145 e. The number of halogens is 1. The number of nitrogens with zero attached hydrogens (tertiary/aromatic N) is 2. The van der Waals surface area contributed by atoms with E-state index in [9.17, 15) is 9.50 Å². The number of oxime groups is 1. The third-order valence-corrected chi connectivity index (χ3v) is 4.56. The summed E-state index contributed by atoms with van der Waals surface area (Å²) in [5.74, 6) is -0.242. The van der Waals surface area contributed by atoms with Crippen LogP contribution in [0.15, 0.2) is 59.8 Å². The van der Waals surface area contributed by atoms with Crippen molar-refractivity contribution in [2.24, 2.45) is 5.16 Å². The topological polar surface area (TPSA) is 45.1 Å². The average molecular weight is 356 g/mol. The van der Waals surface area contributed by atoms with E-state index >= 15 is 0 Å². The van der Waals surface area contributed by atoms with E-state index in [1.807, 2.05) is 37.3 Å². The summed E-state index contributed by atoms with van der Waals surface area (Å²) in [6.45, 7) is 3.81. The van der Waals surface area contributed by atoms with Crippen molar-refractivity contribution in [3.05, 3.63) is 71.5 Å². The van der Waals surface area contributed by atoms with Gasteiger partial charge in [-0.25, -0.2) is 4.39 Å². The lowest BCUT2D eigenvalue weighted by molar-refractivity contribution is 0.0315. The Bertz CT molecular complexity index is 719. The van der Waals surface area contributed by atoms with Crippen LogP contribution in [0.1, 0.15) is 30.9 Å². The summed E-state index contributed by atoms with van der Waals surface area (Å²) in [6, 6.07) is 16.5. The maximum atomic E-state index is 13.1. The summed E-state index contributed by atoms with van der Waals surface area (Å²) in [5, 5.41) is 14.3. The first kappa shape index (κ1) is 18.5. The molecule has 0 aliphatic carbocycles. The minimum absolute atomic E-state index is 0.0466. The molecule has 0 spiro atoms. The fraction of sp³-hybridized carbons (Fsp3) is 0.381. The molecule has 0 saturated heterocycles. The fourth-order valence-electron chi connectivity index (χ4n) is 3.09. The number of aliphatic hydroxyl groups excluding tert-OH is 1. The van der Waals surface area contributed by atoms with Crippen molar-refractivity contribution in [1.82, 2.24) is 4.90 Å². The fourth-order valence-corrected chi connectivity index (χ4v) is 3.09. The molecule has 1 aliphatic rings. The van der Waals surface area contributed by atoms with Crippen LogP contribution in [0.25, 0.3) is 0 Å².